The highest BCUT2D eigenvalue weighted by molar-refractivity contribution is 7.20. The van der Waals surface area contributed by atoms with Gasteiger partial charge in [-0.15, -0.1) is 5.10 Å². The molecule has 1 N–H and O–H groups in total. The van der Waals surface area contributed by atoms with E-state index in [1.807, 2.05) is 13.1 Å². The van der Waals surface area contributed by atoms with Crippen LogP contribution in [0.15, 0.2) is 10.7 Å². The lowest BCUT2D eigenvalue weighted by atomic mass is 9.97. The van der Waals surface area contributed by atoms with Crippen molar-refractivity contribution in [1.82, 2.24) is 30.1 Å². The molecule has 126 valence electrons. The van der Waals surface area contributed by atoms with Crippen LogP contribution in [0.2, 0.25) is 0 Å². The number of nitrogens with zero attached hydrogens (tertiary/aromatic N) is 6. The van der Waals surface area contributed by atoms with E-state index < -0.39 is 5.54 Å². The monoisotopic (exact) mass is 347 g/mol. The summed E-state index contributed by atoms with van der Waals surface area (Å²) in [5.74, 6) is 0.870. The second kappa shape index (κ2) is 5.26. The summed E-state index contributed by atoms with van der Waals surface area (Å²) in [6, 6.07) is 0. The van der Waals surface area contributed by atoms with Gasteiger partial charge >= 0.3 is 0 Å². The molecular formula is C14H17N7O2S. The number of anilines is 1. The van der Waals surface area contributed by atoms with Crippen molar-refractivity contribution in [3.63, 3.8) is 0 Å². The number of fused-ring (bicyclic) bond motifs is 1. The van der Waals surface area contributed by atoms with Gasteiger partial charge in [-0.25, -0.2) is 9.50 Å². The Labute approximate surface area is 141 Å². The number of amides is 1. The van der Waals surface area contributed by atoms with Crippen LogP contribution in [0.3, 0.4) is 0 Å². The number of aromatic nitrogens is 5. The molecule has 24 heavy (non-hydrogen) atoms. The van der Waals surface area contributed by atoms with E-state index in [2.05, 4.69) is 30.4 Å². The molecule has 1 atom stereocenters. The minimum absolute atomic E-state index is 0.121. The molecule has 1 fully saturated rings. The van der Waals surface area contributed by atoms with E-state index >= 15 is 0 Å². The van der Waals surface area contributed by atoms with Crippen molar-refractivity contribution in [3.8, 4) is 0 Å². The van der Waals surface area contributed by atoms with Gasteiger partial charge in [0.05, 0.1) is 18.4 Å². The zero-order valence-electron chi connectivity index (χ0n) is 13.6. The molecule has 1 saturated heterocycles. The second-order valence-electron chi connectivity index (χ2n) is 6.07. The minimum atomic E-state index is -0.659. The number of hydrogen-bond acceptors (Lipinski definition) is 8. The molecule has 0 radical (unpaired) electrons. The van der Waals surface area contributed by atoms with E-state index in [1.54, 1.807) is 11.4 Å². The topological polar surface area (TPSA) is 101 Å². The fourth-order valence-corrected chi connectivity index (χ4v) is 4.02. The van der Waals surface area contributed by atoms with Crippen LogP contribution < -0.4 is 10.2 Å². The Balaban J connectivity index is 1.65. The lowest BCUT2D eigenvalue weighted by Crippen LogP contribution is -2.48. The number of carbonyl (C=O) groups is 1. The fraction of sp³-hybridized carbons (Fsp3) is 0.500. The molecule has 1 amide bonds. The predicted molar refractivity (Wildman–Crippen MR) is 87.0 cm³/mol. The number of rotatable bonds is 3. The average molecular weight is 347 g/mol. The van der Waals surface area contributed by atoms with Crippen molar-refractivity contribution in [3.05, 3.63) is 23.6 Å². The third-order valence-electron chi connectivity index (χ3n) is 4.06. The molecule has 0 bridgehead atoms. The number of aryl methyl sites for hydroxylation is 2. The van der Waals surface area contributed by atoms with E-state index in [4.69, 9.17) is 4.52 Å². The van der Waals surface area contributed by atoms with Crippen LogP contribution in [-0.4, -0.2) is 43.7 Å². The molecule has 0 saturated carbocycles. The SMILES string of the molecule is CC(=O)N[C@]1(c2noc(C)n2)CCN(c2nn3cc(C)nc3s2)C1. The molecule has 9 nitrogen and oxygen atoms in total. The molecule has 3 aromatic rings. The zero-order valence-corrected chi connectivity index (χ0v) is 14.4. The molecule has 1 aliphatic heterocycles. The summed E-state index contributed by atoms with van der Waals surface area (Å²) in [6.45, 7) is 6.46. The Bertz CT molecular complexity index is 882. The molecule has 4 heterocycles. The van der Waals surface area contributed by atoms with Crippen molar-refractivity contribution >= 4 is 27.3 Å². The lowest BCUT2D eigenvalue weighted by Gasteiger charge is -2.26. The van der Waals surface area contributed by atoms with Gasteiger partial charge in [0.2, 0.25) is 21.9 Å². The minimum Gasteiger partial charge on any atom is -0.344 e. The second-order valence-corrected chi connectivity index (χ2v) is 7.00. The summed E-state index contributed by atoms with van der Waals surface area (Å²) >= 11 is 1.53. The van der Waals surface area contributed by atoms with Gasteiger partial charge in [0.15, 0.2) is 5.82 Å². The van der Waals surface area contributed by atoms with Gasteiger partial charge < -0.3 is 14.7 Å². The maximum absolute atomic E-state index is 11.7. The smallest absolute Gasteiger partial charge is 0.223 e. The third kappa shape index (κ3) is 2.42. The number of nitrogens with one attached hydrogen (secondary N) is 1. The van der Waals surface area contributed by atoms with Gasteiger partial charge in [-0.2, -0.15) is 4.98 Å². The molecular weight excluding hydrogens is 330 g/mol. The van der Waals surface area contributed by atoms with Crippen molar-refractivity contribution in [1.29, 1.82) is 0 Å². The maximum Gasteiger partial charge on any atom is 0.223 e. The molecule has 0 spiro atoms. The van der Waals surface area contributed by atoms with Gasteiger partial charge in [0, 0.05) is 20.4 Å². The summed E-state index contributed by atoms with van der Waals surface area (Å²) in [6.07, 6.45) is 2.58. The Morgan fingerprint density at radius 2 is 2.25 bits per heavy atom. The zero-order chi connectivity index (χ0) is 16.9. The van der Waals surface area contributed by atoms with Crippen LogP contribution in [0.5, 0.6) is 0 Å². The number of imidazole rings is 1. The van der Waals surface area contributed by atoms with Crippen LogP contribution in [0.4, 0.5) is 5.13 Å². The Hall–Kier alpha value is -2.49. The highest BCUT2D eigenvalue weighted by Gasteiger charge is 2.45. The first-order valence-electron chi connectivity index (χ1n) is 7.62. The highest BCUT2D eigenvalue weighted by Crippen LogP contribution is 2.35. The number of hydrogen-bond donors (Lipinski definition) is 1. The molecule has 1 aliphatic rings. The van der Waals surface area contributed by atoms with Crippen molar-refractivity contribution < 1.29 is 9.32 Å². The summed E-state index contributed by atoms with van der Waals surface area (Å²) in [7, 11) is 0. The Kier molecular flexibility index (Phi) is 3.30. The van der Waals surface area contributed by atoms with Gasteiger partial charge in [-0.05, 0) is 13.3 Å². The summed E-state index contributed by atoms with van der Waals surface area (Å²) < 4.78 is 6.90. The van der Waals surface area contributed by atoms with Gasteiger partial charge in [0.1, 0.15) is 5.54 Å². The number of carbonyl (C=O) groups excluding carboxylic acids is 1. The van der Waals surface area contributed by atoms with Crippen LogP contribution in [-0.2, 0) is 10.3 Å². The maximum atomic E-state index is 11.7. The molecule has 4 rings (SSSR count). The summed E-state index contributed by atoms with van der Waals surface area (Å²) in [5, 5.41) is 12.5. The quantitative estimate of drug-likeness (QED) is 0.755. The normalized spacial score (nSPS) is 20.9. The van der Waals surface area contributed by atoms with Crippen LogP contribution in [0, 0.1) is 13.8 Å². The van der Waals surface area contributed by atoms with Crippen LogP contribution in [0.1, 0.15) is 30.8 Å². The molecule has 0 aromatic carbocycles. The first-order valence-corrected chi connectivity index (χ1v) is 8.44. The molecule has 0 aliphatic carbocycles. The van der Waals surface area contributed by atoms with Gasteiger partial charge in [0.25, 0.3) is 0 Å². The predicted octanol–water partition coefficient (Wildman–Crippen LogP) is 1.03. The van der Waals surface area contributed by atoms with Crippen molar-refractivity contribution in [2.75, 3.05) is 18.0 Å². The van der Waals surface area contributed by atoms with E-state index in [0.717, 1.165) is 22.3 Å². The van der Waals surface area contributed by atoms with E-state index in [9.17, 15) is 4.79 Å². The van der Waals surface area contributed by atoms with E-state index in [-0.39, 0.29) is 5.91 Å². The lowest BCUT2D eigenvalue weighted by molar-refractivity contribution is -0.120. The van der Waals surface area contributed by atoms with Crippen molar-refractivity contribution in [2.45, 2.75) is 32.7 Å². The fourth-order valence-electron chi connectivity index (χ4n) is 3.07. The summed E-state index contributed by atoms with van der Waals surface area (Å²) in [4.78, 5) is 23.5. The average Bonchev–Trinajstić information content (AvgIpc) is 3.21. The van der Waals surface area contributed by atoms with E-state index in [1.165, 1.54) is 18.3 Å². The standard InChI is InChI=1S/C14H17N7O2S/c1-8-6-21-12(15-8)24-13(18-21)20-5-4-14(7-20,17-9(2)22)11-16-10(3)23-19-11/h6H,4-5,7H2,1-3H3,(H,17,22)/t14-/m1/s1. The van der Waals surface area contributed by atoms with Crippen LogP contribution in [0.25, 0.3) is 4.96 Å². The molecule has 3 aromatic heterocycles. The molecule has 10 heteroatoms. The van der Waals surface area contributed by atoms with Crippen molar-refractivity contribution in [2.24, 2.45) is 0 Å². The summed E-state index contributed by atoms with van der Waals surface area (Å²) in [5.41, 5.74) is 0.282. The Morgan fingerprint density at radius 3 is 2.92 bits per heavy atom. The van der Waals surface area contributed by atoms with Gasteiger partial charge in [-0.1, -0.05) is 16.5 Å². The Morgan fingerprint density at radius 1 is 1.42 bits per heavy atom. The van der Waals surface area contributed by atoms with Gasteiger partial charge in [-0.3, -0.25) is 4.79 Å². The van der Waals surface area contributed by atoms with Crippen LogP contribution >= 0.6 is 11.3 Å². The first-order chi connectivity index (χ1) is 11.4. The highest BCUT2D eigenvalue weighted by atomic mass is 32.1. The van der Waals surface area contributed by atoms with E-state index in [0.29, 0.717) is 24.7 Å². The molecule has 0 unspecified atom stereocenters. The largest absolute Gasteiger partial charge is 0.344 e. The third-order valence-corrected chi connectivity index (χ3v) is 5.05. The first kappa shape index (κ1) is 15.1.